The molecule has 9 nitrogen and oxygen atoms in total. The molecule has 2 N–H and O–H groups in total. The van der Waals surface area contributed by atoms with Gasteiger partial charge in [0.15, 0.2) is 11.5 Å². The highest BCUT2D eigenvalue weighted by Gasteiger charge is 2.22. The number of rotatable bonds is 4. The first kappa shape index (κ1) is 20.1. The highest BCUT2D eigenvalue weighted by molar-refractivity contribution is 5.94. The lowest BCUT2D eigenvalue weighted by atomic mass is 10.1. The summed E-state index contributed by atoms with van der Waals surface area (Å²) < 4.78 is 1.64. The quantitative estimate of drug-likeness (QED) is 0.531. The van der Waals surface area contributed by atoms with Crippen LogP contribution in [0.3, 0.4) is 0 Å². The van der Waals surface area contributed by atoms with Gasteiger partial charge < -0.3 is 15.5 Å². The van der Waals surface area contributed by atoms with Gasteiger partial charge in [0.05, 0.1) is 22.5 Å². The summed E-state index contributed by atoms with van der Waals surface area (Å²) in [6.45, 7) is 6.47. The number of piperazine rings is 1. The molecule has 1 amide bonds. The van der Waals surface area contributed by atoms with Gasteiger partial charge in [-0.15, -0.1) is 5.10 Å². The Morgan fingerprint density at radius 3 is 2.53 bits per heavy atom. The zero-order valence-corrected chi connectivity index (χ0v) is 17.8. The van der Waals surface area contributed by atoms with Crippen molar-refractivity contribution in [3.63, 3.8) is 0 Å². The number of pyridine rings is 2. The Bertz CT molecular complexity index is 1240. The number of aromatic nitrogens is 5. The fourth-order valence-corrected chi connectivity index (χ4v) is 3.98. The standard InChI is InChI=1S/C23H24N8O/c1-2-29-9-11-30(12-10-29)23(32)16-6-7-18(26-13-16)17-14-27-22-20(19-5-3-4-8-25-19)21(24)28-31(22)15-17/h3-8,13-15H,2,9-12H2,1H3,(H2,24,28). The zero-order valence-electron chi connectivity index (χ0n) is 17.8. The van der Waals surface area contributed by atoms with Crippen molar-refractivity contribution >= 4 is 17.4 Å². The van der Waals surface area contributed by atoms with Crippen LogP contribution in [0.4, 0.5) is 5.82 Å². The lowest BCUT2D eigenvalue weighted by Crippen LogP contribution is -2.48. The van der Waals surface area contributed by atoms with Crippen molar-refractivity contribution in [2.45, 2.75) is 6.92 Å². The number of anilines is 1. The summed E-state index contributed by atoms with van der Waals surface area (Å²) in [6, 6.07) is 9.28. The van der Waals surface area contributed by atoms with Crippen molar-refractivity contribution in [1.29, 1.82) is 0 Å². The second-order valence-electron chi connectivity index (χ2n) is 7.74. The van der Waals surface area contributed by atoms with Gasteiger partial charge in [0.25, 0.3) is 5.91 Å². The first-order valence-corrected chi connectivity index (χ1v) is 10.7. The fraction of sp³-hybridized carbons (Fsp3) is 0.261. The van der Waals surface area contributed by atoms with Crippen molar-refractivity contribution < 1.29 is 4.79 Å². The van der Waals surface area contributed by atoms with E-state index in [1.807, 2.05) is 41.4 Å². The Hall–Kier alpha value is -3.85. The van der Waals surface area contributed by atoms with Crippen LogP contribution in [0.5, 0.6) is 0 Å². The van der Waals surface area contributed by atoms with Crippen LogP contribution >= 0.6 is 0 Å². The molecule has 0 aliphatic carbocycles. The van der Waals surface area contributed by atoms with Crippen LogP contribution in [-0.2, 0) is 0 Å². The van der Waals surface area contributed by atoms with Gasteiger partial charge in [0.2, 0.25) is 0 Å². The number of fused-ring (bicyclic) bond motifs is 1. The van der Waals surface area contributed by atoms with Gasteiger partial charge in [-0.1, -0.05) is 13.0 Å². The molecule has 0 aromatic carbocycles. The topological polar surface area (TPSA) is 106 Å². The number of nitrogens with two attached hydrogens (primary N) is 1. The van der Waals surface area contributed by atoms with Crippen molar-refractivity contribution in [2.75, 3.05) is 38.5 Å². The molecule has 1 saturated heterocycles. The summed E-state index contributed by atoms with van der Waals surface area (Å²) in [4.78, 5) is 30.5. The van der Waals surface area contributed by atoms with E-state index in [1.165, 1.54) is 0 Å². The average molecular weight is 429 g/mol. The summed E-state index contributed by atoms with van der Waals surface area (Å²) >= 11 is 0. The Balaban J connectivity index is 1.38. The lowest BCUT2D eigenvalue weighted by Gasteiger charge is -2.34. The number of hydrogen-bond donors (Lipinski definition) is 1. The van der Waals surface area contributed by atoms with Crippen molar-refractivity contribution in [3.8, 4) is 22.5 Å². The molecule has 5 heterocycles. The van der Waals surface area contributed by atoms with Crippen LogP contribution in [0.2, 0.25) is 0 Å². The van der Waals surface area contributed by atoms with E-state index in [9.17, 15) is 4.79 Å². The molecule has 0 radical (unpaired) electrons. The summed E-state index contributed by atoms with van der Waals surface area (Å²) in [5.41, 5.74) is 10.3. The second-order valence-corrected chi connectivity index (χ2v) is 7.74. The maximum absolute atomic E-state index is 12.8. The molecule has 1 aliphatic heterocycles. The number of likely N-dealkylation sites (N-methyl/N-ethyl adjacent to an activating group) is 1. The first-order valence-electron chi connectivity index (χ1n) is 10.7. The van der Waals surface area contributed by atoms with Gasteiger partial charge in [-0.25, -0.2) is 9.50 Å². The van der Waals surface area contributed by atoms with Gasteiger partial charge >= 0.3 is 0 Å². The maximum atomic E-state index is 12.8. The van der Waals surface area contributed by atoms with Gasteiger partial charge in [0, 0.05) is 56.5 Å². The summed E-state index contributed by atoms with van der Waals surface area (Å²) in [6.07, 6.45) is 6.91. The van der Waals surface area contributed by atoms with Gasteiger partial charge in [0.1, 0.15) is 0 Å². The summed E-state index contributed by atoms with van der Waals surface area (Å²) in [5.74, 6) is 0.388. The minimum Gasteiger partial charge on any atom is -0.382 e. The van der Waals surface area contributed by atoms with Crippen molar-refractivity contribution in [2.24, 2.45) is 0 Å². The van der Waals surface area contributed by atoms with E-state index in [2.05, 4.69) is 31.9 Å². The predicted octanol–water partition coefficient (Wildman–Crippen LogP) is 2.21. The van der Waals surface area contributed by atoms with Crippen LogP contribution < -0.4 is 5.73 Å². The highest BCUT2D eigenvalue weighted by Crippen LogP contribution is 2.28. The Kier molecular flexibility index (Phi) is 5.24. The molecular formula is C23H24N8O. The molecule has 0 saturated carbocycles. The second kappa shape index (κ2) is 8.35. The van der Waals surface area contributed by atoms with E-state index < -0.39 is 0 Å². The molecule has 1 aliphatic rings. The third-order valence-electron chi connectivity index (χ3n) is 5.83. The molecule has 0 unspecified atom stereocenters. The minimum atomic E-state index is 0.0215. The van der Waals surface area contributed by atoms with Crippen LogP contribution in [0.1, 0.15) is 17.3 Å². The number of carbonyl (C=O) groups excluding carboxylic acids is 1. The molecule has 32 heavy (non-hydrogen) atoms. The summed E-state index contributed by atoms with van der Waals surface area (Å²) in [5, 5.41) is 4.40. The smallest absolute Gasteiger partial charge is 0.255 e. The van der Waals surface area contributed by atoms with E-state index in [-0.39, 0.29) is 5.91 Å². The number of nitrogens with zero attached hydrogens (tertiary/aromatic N) is 7. The van der Waals surface area contributed by atoms with Gasteiger partial charge in [-0.3, -0.25) is 14.8 Å². The molecule has 9 heteroatoms. The van der Waals surface area contributed by atoms with Crippen LogP contribution in [0.15, 0.2) is 55.1 Å². The third kappa shape index (κ3) is 3.67. The van der Waals surface area contributed by atoms with Gasteiger partial charge in [-0.05, 0) is 30.8 Å². The molecule has 0 atom stereocenters. The van der Waals surface area contributed by atoms with Crippen molar-refractivity contribution in [3.05, 3.63) is 60.7 Å². The fourth-order valence-electron chi connectivity index (χ4n) is 3.98. The third-order valence-corrected chi connectivity index (χ3v) is 5.83. The van der Waals surface area contributed by atoms with E-state index in [4.69, 9.17) is 5.73 Å². The monoisotopic (exact) mass is 428 g/mol. The highest BCUT2D eigenvalue weighted by atomic mass is 16.2. The maximum Gasteiger partial charge on any atom is 0.255 e. The molecule has 0 bridgehead atoms. The summed E-state index contributed by atoms with van der Waals surface area (Å²) in [7, 11) is 0. The predicted molar refractivity (Wildman–Crippen MR) is 122 cm³/mol. The Morgan fingerprint density at radius 2 is 1.84 bits per heavy atom. The van der Waals surface area contributed by atoms with E-state index >= 15 is 0 Å². The van der Waals surface area contributed by atoms with Gasteiger partial charge in [-0.2, -0.15) is 0 Å². The zero-order chi connectivity index (χ0) is 22.1. The van der Waals surface area contributed by atoms with Crippen LogP contribution in [0.25, 0.3) is 28.2 Å². The number of nitrogen functional groups attached to an aromatic ring is 1. The molecule has 5 rings (SSSR count). The lowest BCUT2D eigenvalue weighted by molar-refractivity contribution is 0.0643. The molecule has 1 fully saturated rings. The number of hydrogen-bond acceptors (Lipinski definition) is 7. The molecule has 4 aromatic rings. The Morgan fingerprint density at radius 1 is 1.00 bits per heavy atom. The number of amides is 1. The minimum absolute atomic E-state index is 0.0215. The SMILES string of the molecule is CCN1CCN(C(=O)c2ccc(-c3cnc4c(-c5ccccn5)c(N)nn4c3)nc2)CC1. The first-order chi connectivity index (χ1) is 15.6. The van der Waals surface area contributed by atoms with Crippen molar-refractivity contribution in [1.82, 2.24) is 34.4 Å². The molecule has 0 spiro atoms. The van der Waals surface area contributed by atoms with Crippen LogP contribution in [0, 0.1) is 0 Å². The Labute approximate surface area is 185 Å². The van der Waals surface area contributed by atoms with E-state index in [0.717, 1.165) is 44.0 Å². The number of carbonyl (C=O) groups is 1. The largest absolute Gasteiger partial charge is 0.382 e. The average Bonchev–Trinajstić information content (AvgIpc) is 3.19. The normalized spacial score (nSPS) is 14.7. The molecular weight excluding hydrogens is 404 g/mol. The van der Waals surface area contributed by atoms with E-state index in [1.54, 1.807) is 23.1 Å². The molecule has 4 aromatic heterocycles. The van der Waals surface area contributed by atoms with Crippen LogP contribution in [-0.4, -0.2) is 73.0 Å². The molecule has 162 valence electrons. The van der Waals surface area contributed by atoms with E-state index in [0.29, 0.717) is 28.3 Å².